The fraction of sp³-hybridized carbons (Fsp3) is 0.867. The molecule has 1 aliphatic heterocycles. The van der Waals surface area contributed by atoms with Gasteiger partial charge in [0, 0.05) is 15.7 Å². The van der Waals surface area contributed by atoms with E-state index in [1.807, 2.05) is 26.0 Å². The average molecular weight is 429 g/mol. The van der Waals surface area contributed by atoms with Gasteiger partial charge in [-0.3, -0.25) is 0 Å². The van der Waals surface area contributed by atoms with Gasteiger partial charge in [-0.2, -0.15) is 0 Å². The zero-order valence-corrected chi connectivity index (χ0v) is 16.1. The average Bonchev–Trinajstić information content (AvgIpc) is 2.37. The summed E-state index contributed by atoms with van der Waals surface area (Å²) in [7, 11) is 0. The predicted octanol–water partition coefficient (Wildman–Crippen LogP) is 4.36. The van der Waals surface area contributed by atoms with Crippen LogP contribution in [0.25, 0.3) is 0 Å². The standard InChI is InChI=1S/C15H21Br2ClO2/c1-11(2)14-7-9(16)12(3,18)8-10(14)20-15(11,17)6-5-13(14,4)19/h5-6,9-10,19H,7-8H2,1-4H3/t9-,10+,12-,13+,14-,15-/m0/s1. The van der Waals surface area contributed by atoms with Crippen molar-refractivity contribution in [3.05, 3.63) is 12.2 Å². The summed E-state index contributed by atoms with van der Waals surface area (Å²) in [6.07, 6.45) is 5.29. The Balaban J connectivity index is 2.21. The Bertz CT molecular complexity index is 488. The fourth-order valence-electron chi connectivity index (χ4n) is 4.58. The SMILES string of the molecule is CC1(C)[C@]23C[C@H](Br)[C@@](C)(Cl)C[C@H]2O[C@@]1(Br)C=C[C@@]3(C)O. The van der Waals surface area contributed by atoms with Gasteiger partial charge in [-0.1, -0.05) is 35.9 Å². The second-order valence-corrected chi connectivity index (χ2v) is 10.6. The van der Waals surface area contributed by atoms with Crippen LogP contribution in [0.15, 0.2) is 12.2 Å². The molecule has 1 saturated carbocycles. The largest absolute Gasteiger partial charge is 0.385 e. The van der Waals surface area contributed by atoms with E-state index < -0.39 is 10.1 Å². The van der Waals surface area contributed by atoms with E-state index in [-0.39, 0.29) is 26.6 Å². The van der Waals surface area contributed by atoms with Crippen LogP contribution in [0, 0.1) is 10.8 Å². The number of hydrogen-bond acceptors (Lipinski definition) is 2. The third-order valence-corrected chi connectivity index (χ3v) is 9.55. The van der Waals surface area contributed by atoms with Gasteiger partial charge in [0.05, 0.1) is 16.6 Å². The van der Waals surface area contributed by atoms with Gasteiger partial charge < -0.3 is 9.84 Å². The van der Waals surface area contributed by atoms with Crippen LogP contribution in [0.1, 0.15) is 40.5 Å². The molecule has 0 unspecified atom stereocenters. The van der Waals surface area contributed by atoms with E-state index in [2.05, 4.69) is 45.7 Å². The summed E-state index contributed by atoms with van der Waals surface area (Å²) in [5.74, 6) is 0. The van der Waals surface area contributed by atoms with Crippen molar-refractivity contribution in [1.29, 1.82) is 0 Å². The molecule has 1 heterocycles. The molecule has 2 nitrogen and oxygen atoms in total. The molecule has 1 saturated heterocycles. The van der Waals surface area contributed by atoms with Crippen molar-refractivity contribution >= 4 is 43.5 Å². The first kappa shape index (κ1) is 15.8. The molecule has 0 aromatic carbocycles. The van der Waals surface area contributed by atoms with E-state index in [0.29, 0.717) is 0 Å². The second kappa shape index (κ2) is 4.05. The zero-order valence-electron chi connectivity index (χ0n) is 12.2. The molecule has 2 fully saturated rings. The lowest BCUT2D eigenvalue weighted by atomic mass is 9.47. The molecule has 0 radical (unpaired) electrons. The lowest BCUT2D eigenvalue weighted by molar-refractivity contribution is -0.132. The second-order valence-electron chi connectivity index (χ2n) is 7.48. The zero-order chi connectivity index (χ0) is 15.2. The molecule has 0 aromatic heterocycles. The van der Waals surface area contributed by atoms with Crippen LogP contribution in [0.4, 0.5) is 0 Å². The molecule has 1 spiro atoms. The molecule has 20 heavy (non-hydrogen) atoms. The van der Waals surface area contributed by atoms with Crippen LogP contribution in [-0.4, -0.2) is 31.0 Å². The van der Waals surface area contributed by atoms with Crippen LogP contribution in [-0.2, 0) is 4.74 Å². The van der Waals surface area contributed by atoms with Crippen LogP contribution in [0.5, 0.6) is 0 Å². The maximum absolute atomic E-state index is 11.1. The summed E-state index contributed by atoms with van der Waals surface area (Å²) in [6.45, 7) is 8.30. The Morgan fingerprint density at radius 1 is 1.20 bits per heavy atom. The van der Waals surface area contributed by atoms with E-state index in [4.69, 9.17) is 16.3 Å². The minimum Gasteiger partial charge on any atom is -0.385 e. The third kappa shape index (κ3) is 1.58. The Morgan fingerprint density at radius 3 is 2.40 bits per heavy atom. The molecule has 2 aliphatic carbocycles. The molecule has 3 rings (SSSR count). The summed E-state index contributed by atoms with van der Waals surface area (Å²) in [5, 5.41) is 11.1. The third-order valence-electron chi connectivity index (χ3n) is 6.10. The maximum Gasteiger partial charge on any atom is 0.147 e. The van der Waals surface area contributed by atoms with Crippen molar-refractivity contribution < 1.29 is 9.84 Å². The van der Waals surface area contributed by atoms with Gasteiger partial charge >= 0.3 is 0 Å². The van der Waals surface area contributed by atoms with Crippen molar-refractivity contribution in [3.8, 4) is 0 Å². The number of halogens is 3. The van der Waals surface area contributed by atoms with E-state index in [9.17, 15) is 5.11 Å². The van der Waals surface area contributed by atoms with Gasteiger partial charge in [-0.05, 0) is 48.7 Å². The fourth-order valence-corrected chi connectivity index (χ4v) is 6.21. The quantitative estimate of drug-likeness (QED) is 0.459. The smallest absolute Gasteiger partial charge is 0.147 e. The number of fused-ring (bicyclic) bond motifs is 1. The van der Waals surface area contributed by atoms with Crippen molar-refractivity contribution in [3.63, 3.8) is 0 Å². The highest BCUT2D eigenvalue weighted by molar-refractivity contribution is 9.10. The first-order valence-electron chi connectivity index (χ1n) is 7.02. The van der Waals surface area contributed by atoms with Gasteiger partial charge in [-0.15, -0.1) is 11.6 Å². The van der Waals surface area contributed by atoms with Crippen LogP contribution in [0.3, 0.4) is 0 Å². The topological polar surface area (TPSA) is 29.5 Å². The molecule has 0 aromatic rings. The minimum atomic E-state index is -0.908. The van der Waals surface area contributed by atoms with Gasteiger partial charge in [-0.25, -0.2) is 0 Å². The highest BCUT2D eigenvalue weighted by Gasteiger charge is 2.76. The normalized spacial score (nSPS) is 60.4. The number of hydrogen-bond donors (Lipinski definition) is 1. The molecule has 3 aliphatic rings. The lowest BCUT2D eigenvalue weighted by Crippen LogP contribution is -2.65. The number of alkyl halides is 3. The van der Waals surface area contributed by atoms with Crippen molar-refractivity contribution in [2.45, 2.75) is 66.5 Å². The number of rotatable bonds is 0. The molecule has 2 bridgehead atoms. The highest BCUT2D eigenvalue weighted by Crippen LogP contribution is 2.73. The Hall–Kier alpha value is 0.910. The number of ether oxygens (including phenoxy) is 1. The monoisotopic (exact) mass is 426 g/mol. The van der Waals surface area contributed by atoms with E-state index >= 15 is 0 Å². The van der Waals surface area contributed by atoms with Crippen LogP contribution < -0.4 is 0 Å². The molecule has 6 atom stereocenters. The van der Waals surface area contributed by atoms with Gasteiger partial charge in [0.15, 0.2) is 0 Å². The van der Waals surface area contributed by atoms with Crippen molar-refractivity contribution in [2.24, 2.45) is 10.8 Å². The Morgan fingerprint density at radius 2 is 1.80 bits per heavy atom. The minimum absolute atomic E-state index is 0.0711. The molecule has 1 N–H and O–H groups in total. The van der Waals surface area contributed by atoms with E-state index in [1.165, 1.54) is 0 Å². The summed E-state index contributed by atoms with van der Waals surface area (Å²) in [4.78, 5) is -0.216. The van der Waals surface area contributed by atoms with Crippen molar-refractivity contribution in [2.75, 3.05) is 0 Å². The van der Waals surface area contributed by atoms with Crippen LogP contribution >= 0.6 is 43.5 Å². The lowest BCUT2D eigenvalue weighted by Gasteiger charge is -2.59. The molecular formula is C15H21Br2ClO2. The highest BCUT2D eigenvalue weighted by atomic mass is 79.9. The van der Waals surface area contributed by atoms with Crippen LogP contribution in [0.2, 0.25) is 0 Å². The van der Waals surface area contributed by atoms with Gasteiger partial charge in [0.2, 0.25) is 0 Å². The molecule has 5 heteroatoms. The summed E-state index contributed by atoms with van der Waals surface area (Å²) >= 11 is 14.2. The Kier molecular flexibility index (Phi) is 3.20. The first-order valence-corrected chi connectivity index (χ1v) is 9.11. The summed E-state index contributed by atoms with van der Waals surface area (Å²) in [6, 6.07) is 0. The predicted molar refractivity (Wildman–Crippen MR) is 88.7 cm³/mol. The Labute approximate surface area is 142 Å². The van der Waals surface area contributed by atoms with E-state index in [1.54, 1.807) is 0 Å². The van der Waals surface area contributed by atoms with E-state index in [0.717, 1.165) is 12.8 Å². The number of aliphatic hydroxyl groups is 1. The first-order chi connectivity index (χ1) is 8.90. The van der Waals surface area contributed by atoms with Gasteiger partial charge in [0.25, 0.3) is 0 Å². The summed E-state index contributed by atoms with van der Waals surface area (Å²) in [5.41, 5.74) is -1.50. The molecule has 114 valence electrons. The summed E-state index contributed by atoms with van der Waals surface area (Å²) < 4.78 is 5.84. The van der Waals surface area contributed by atoms with Crippen molar-refractivity contribution in [1.82, 2.24) is 0 Å². The maximum atomic E-state index is 11.1. The van der Waals surface area contributed by atoms with Gasteiger partial charge in [0.1, 0.15) is 4.51 Å². The molecule has 0 amide bonds. The molecular weight excluding hydrogens is 407 g/mol.